The average Bonchev–Trinajstić information content (AvgIpc) is 3.47. The smallest absolute Gasteiger partial charge is 0.254 e. The van der Waals surface area contributed by atoms with Crippen LogP contribution in [0.3, 0.4) is 0 Å². The Kier molecular flexibility index (Phi) is 4.99. The standard InChI is InChI=1S/C22H30N6O/c1-25-10-5-8-19(25)21-24-23-20-9-13-27(14-15-28(20)21)22(29)17-6-4-7-18(16-17)26-11-2-3-12-26/h4,6-7,16,19H,2-3,5,8-15H2,1H3. The maximum Gasteiger partial charge on any atom is 0.254 e. The number of nitrogens with zero attached hydrogens (tertiary/aromatic N) is 6. The van der Waals surface area contributed by atoms with Crippen molar-refractivity contribution >= 4 is 11.6 Å². The van der Waals surface area contributed by atoms with Gasteiger partial charge < -0.3 is 14.4 Å². The molecule has 0 radical (unpaired) electrons. The van der Waals surface area contributed by atoms with Gasteiger partial charge in [-0.25, -0.2) is 0 Å². The second-order valence-electron chi connectivity index (χ2n) is 8.55. The first-order valence-electron chi connectivity index (χ1n) is 11.0. The number of fused-ring (bicyclic) bond motifs is 1. The predicted molar refractivity (Wildman–Crippen MR) is 112 cm³/mol. The van der Waals surface area contributed by atoms with Crippen molar-refractivity contribution < 1.29 is 4.79 Å². The summed E-state index contributed by atoms with van der Waals surface area (Å²) in [4.78, 5) is 20.0. The molecule has 0 aliphatic carbocycles. The fraction of sp³-hybridized carbons (Fsp3) is 0.591. The van der Waals surface area contributed by atoms with Crippen molar-refractivity contribution in [2.45, 2.75) is 44.7 Å². The number of anilines is 1. The maximum atomic E-state index is 13.2. The lowest BCUT2D eigenvalue weighted by Crippen LogP contribution is -2.34. The maximum absolute atomic E-state index is 13.2. The van der Waals surface area contributed by atoms with E-state index in [1.165, 1.54) is 24.9 Å². The van der Waals surface area contributed by atoms with E-state index in [9.17, 15) is 4.79 Å². The van der Waals surface area contributed by atoms with E-state index in [-0.39, 0.29) is 5.91 Å². The number of carbonyl (C=O) groups is 1. The van der Waals surface area contributed by atoms with Gasteiger partial charge in [0.25, 0.3) is 5.91 Å². The molecule has 0 bridgehead atoms. The summed E-state index contributed by atoms with van der Waals surface area (Å²) in [6.45, 7) is 5.48. The molecule has 29 heavy (non-hydrogen) atoms. The van der Waals surface area contributed by atoms with Gasteiger partial charge in [-0.2, -0.15) is 0 Å². The Bertz CT molecular complexity index is 887. The molecule has 4 heterocycles. The third-order valence-electron chi connectivity index (χ3n) is 6.72. The highest BCUT2D eigenvalue weighted by Crippen LogP contribution is 2.30. The summed E-state index contributed by atoms with van der Waals surface area (Å²) in [6, 6.07) is 8.51. The highest BCUT2D eigenvalue weighted by Gasteiger charge is 2.30. The number of amides is 1. The Balaban J connectivity index is 1.31. The molecule has 7 heteroatoms. The lowest BCUT2D eigenvalue weighted by molar-refractivity contribution is 0.0758. The number of carbonyl (C=O) groups excluding carboxylic acids is 1. The fourth-order valence-corrected chi connectivity index (χ4v) is 5.02. The van der Waals surface area contributed by atoms with E-state index in [2.05, 4.69) is 43.7 Å². The van der Waals surface area contributed by atoms with Crippen LogP contribution in [-0.4, -0.2) is 70.2 Å². The van der Waals surface area contributed by atoms with Crippen molar-refractivity contribution in [1.82, 2.24) is 24.6 Å². The summed E-state index contributed by atoms with van der Waals surface area (Å²) in [5.41, 5.74) is 1.97. The van der Waals surface area contributed by atoms with Crippen LogP contribution in [0, 0.1) is 0 Å². The number of likely N-dealkylation sites (tertiary alicyclic amines) is 1. The van der Waals surface area contributed by atoms with Crippen molar-refractivity contribution in [2.75, 3.05) is 44.7 Å². The van der Waals surface area contributed by atoms with Crippen molar-refractivity contribution in [2.24, 2.45) is 0 Å². The molecule has 7 nitrogen and oxygen atoms in total. The molecule has 5 rings (SSSR count). The van der Waals surface area contributed by atoms with Crippen molar-refractivity contribution in [3.63, 3.8) is 0 Å². The monoisotopic (exact) mass is 394 g/mol. The highest BCUT2D eigenvalue weighted by atomic mass is 16.2. The van der Waals surface area contributed by atoms with E-state index in [1.54, 1.807) is 0 Å². The second kappa shape index (κ2) is 7.78. The quantitative estimate of drug-likeness (QED) is 0.800. The molecule has 2 saturated heterocycles. The Morgan fingerprint density at radius 3 is 2.66 bits per heavy atom. The van der Waals surface area contributed by atoms with Crippen LogP contribution < -0.4 is 4.90 Å². The van der Waals surface area contributed by atoms with Gasteiger partial charge in [-0.05, 0) is 57.5 Å². The van der Waals surface area contributed by atoms with Crippen molar-refractivity contribution in [3.05, 3.63) is 41.5 Å². The van der Waals surface area contributed by atoms with Crippen molar-refractivity contribution in [1.29, 1.82) is 0 Å². The first-order chi connectivity index (χ1) is 14.2. The number of rotatable bonds is 3. The Hall–Kier alpha value is -2.41. The van der Waals surface area contributed by atoms with Gasteiger partial charge >= 0.3 is 0 Å². The molecule has 0 N–H and O–H groups in total. The van der Waals surface area contributed by atoms with Crippen LogP contribution in [0.25, 0.3) is 0 Å². The van der Waals surface area contributed by atoms with Gasteiger partial charge in [0.2, 0.25) is 0 Å². The fourth-order valence-electron chi connectivity index (χ4n) is 5.02. The van der Waals surface area contributed by atoms with Gasteiger partial charge in [0, 0.05) is 50.4 Å². The van der Waals surface area contributed by atoms with E-state index in [4.69, 9.17) is 0 Å². The zero-order valence-electron chi connectivity index (χ0n) is 17.3. The average molecular weight is 395 g/mol. The summed E-state index contributed by atoms with van der Waals surface area (Å²) in [5, 5.41) is 8.99. The molecule has 3 aliphatic rings. The SMILES string of the molecule is CN1CCCC1c1nnc2n1CCN(C(=O)c1cccc(N3CCCC3)c1)CC2. The van der Waals surface area contributed by atoms with Gasteiger partial charge in [-0.15, -0.1) is 10.2 Å². The van der Waals surface area contributed by atoms with Crippen LogP contribution in [0.2, 0.25) is 0 Å². The minimum atomic E-state index is 0.129. The molecule has 1 aromatic heterocycles. The van der Waals surface area contributed by atoms with Crippen LogP contribution in [0.5, 0.6) is 0 Å². The van der Waals surface area contributed by atoms with Crippen LogP contribution in [0.15, 0.2) is 24.3 Å². The second-order valence-corrected chi connectivity index (χ2v) is 8.55. The lowest BCUT2D eigenvalue weighted by atomic mass is 10.1. The van der Waals surface area contributed by atoms with Crippen LogP contribution in [-0.2, 0) is 13.0 Å². The molecule has 0 saturated carbocycles. The minimum absolute atomic E-state index is 0.129. The molecule has 1 atom stereocenters. The molecule has 154 valence electrons. The van der Waals surface area contributed by atoms with E-state index in [0.29, 0.717) is 19.1 Å². The molecule has 3 aliphatic heterocycles. The zero-order valence-corrected chi connectivity index (χ0v) is 17.3. The molecule has 1 unspecified atom stereocenters. The first-order valence-corrected chi connectivity index (χ1v) is 11.0. The van der Waals surface area contributed by atoms with Gasteiger partial charge in [0.05, 0.1) is 6.04 Å². The first kappa shape index (κ1) is 18.6. The molecule has 0 spiro atoms. The predicted octanol–water partition coefficient (Wildman–Crippen LogP) is 2.34. The molecule has 2 aromatic rings. The van der Waals surface area contributed by atoms with Gasteiger partial charge in [0.15, 0.2) is 0 Å². The van der Waals surface area contributed by atoms with E-state index in [1.807, 2.05) is 17.0 Å². The number of hydrogen-bond donors (Lipinski definition) is 0. The molecular weight excluding hydrogens is 364 g/mol. The number of hydrogen-bond acceptors (Lipinski definition) is 5. The molecular formula is C22H30N6O. The molecule has 1 amide bonds. The van der Waals surface area contributed by atoms with Crippen molar-refractivity contribution in [3.8, 4) is 0 Å². The normalized spacial score (nSPS) is 22.7. The Labute approximate surface area is 172 Å². The van der Waals surface area contributed by atoms with Gasteiger partial charge in [0.1, 0.15) is 11.6 Å². The molecule has 1 aromatic carbocycles. The summed E-state index contributed by atoms with van der Waals surface area (Å²) in [6.07, 6.45) is 5.59. The third-order valence-corrected chi connectivity index (χ3v) is 6.72. The number of aromatic nitrogens is 3. The zero-order chi connectivity index (χ0) is 19.8. The lowest BCUT2D eigenvalue weighted by Gasteiger charge is -2.23. The largest absolute Gasteiger partial charge is 0.372 e. The third kappa shape index (κ3) is 3.52. The van der Waals surface area contributed by atoms with Crippen LogP contribution in [0.4, 0.5) is 5.69 Å². The molecule has 2 fully saturated rings. The Morgan fingerprint density at radius 2 is 1.86 bits per heavy atom. The van der Waals surface area contributed by atoms with Crippen LogP contribution in [0.1, 0.15) is 53.7 Å². The summed E-state index contributed by atoms with van der Waals surface area (Å²) >= 11 is 0. The summed E-state index contributed by atoms with van der Waals surface area (Å²) in [7, 11) is 2.17. The Morgan fingerprint density at radius 1 is 1.00 bits per heavy atom. The minimum Gasteiger partial charge on any atom is -0.372 e. The summed E-state index contributed by atoms with van der Waals surface area (Å²) < 4.78 is 2.26. The van der Waals surface area contributed by atoms with E-state index in [0.717, 1.165) is 56.2 Å². The summed E-state index contributed by atoms with van der Waals surface area (Å²) in [5.74, 6) is 2.22. The topological polar surface area (TPSA) is 57.5 Å². The van der Waals surface area contributed by atoms with E-state index >= 15 is 0 Å². The van der Waals surface area contributed by atoms with Gasteiger partial charge in [-0.3, -0.25) is 9.69 Å². The number of benzene rings is 1. The van der Waals surface area contributed by atoms with E-state index < -0.39 is 0 Å². The van der Waals surface area contributed by atoms with Gasteiger partial charge in [-0.1, -0.05) is 6.07 Å². The highest BCUT2D eigenvalue weighted by molar-refractivity contribution is 5.95. The van der Waals surface area contributed by atoms with Crippen LogP contribution >= 0.6 is 0 Å².